The topological polar surface area (TPSA) is 53.9 Å². The third kappa shape index (κ3) is 5.47. The van der Waals surface area contributed by atoms with Gasteiger partial charge >= 0.3 is 6.09 Å². The van der Waals surface area contributed by atoms with E-state index in [2.05, 4.69) is 40.7 Å². The lowest BCUT2D eigenvalue weighted by atomic mass is 9.94. The van der Waals surface area contributed by atoms with Crippen LogP contribution < -0.4 is 5.32 Å². The van der Waals surface area contributed by atoms with Gasteiger partial charge < -0.3 is 10.1 Å². The average molecular weight is 430 g/mol. The van der Waals surface area contributed by atoms with E-state index in [1.807, 2.05) is 63.2 Å². The zero-order valence-corrected chi connectivity index (χ0v) is 19.0. The van der Waals surface area contributed by atoms with Crippen LogP contribution in [0, 0.1) is 0 Å². The molecule has 1 aliphatic rings. The smallest absolute Gasteiger partial charge is 0.408 e. The van der Waals surface area contributed by atoms with Gasteiger partial charge in [-0.05, 0) is 56.0 Å². The molecule has 1 N–H and O–H groups in total. The molecular formula is C27H31N3O2. The Morgan fingerprint density at radius 2 is 1.59 bits per heavy atom. The number of hydrazone groups is 1. The normalized spacial score (nSPS) is 15.6. The lowest BCUT2D eigenvalue weighted by Gasteiger charge is -2.26. The van der Waals surface area contributed by atoms with Crippen molar-refractivity contribution in [3.05, 3.63) is 83.9 Å². The number of hydrogen-bond acceptors (Lipinski definition) is 4. The molecule has 3 aromatic rings. The molecule has 32 heavy (non-hydrogen) atoms. The molecule has 1 aliphatic heterocycles. The Hall–Kier alpha value is -3.34. The first-order valence-corrected chi connectivity index (χ1v) is 11.3. The van der Waals surface area contributed by atoms with Crippen molar-refractivity contribution in [3.63, 3.8) is 0 Å². The molecule has 1 fully saturated rings. The highest BCUT2D eigenvalue weighted by Gasteiger charge is 2.27. The van der Waals surface area contributed by atoms with Crippen LogP contribution in [-0.2, 0) is 4.74 Å². The molecule has 0 aliphatic carbocycles. The van der Waals surface area contributed by atoms with Crippen molar-refractivity contribution in [3.8, 4) is 0 Å². The molecule has 0 aromatic heterocycles. The fraction of sp³-hybridized carbons (Fsp3) is 0.333. The second-order valence-electron chi connectivity index (χ2n) is 9.20. The minimum absolute atomic E-state index is 0.447. The summed E-state index contributed by atoms with van der Waals surface area (Å²) in [5.41, 5.74) is 2.18. The van der Waals surface area contributed by atoms with E-state index >= 15 is 0 Å². The molecule has 1 heterocycles. The van der Waals surface area contributed by atoms with Gasteiger partial charge in [0.15, 0.2) is 0 Å². The SMILES string of the molecule is CC(C)(C)OC(=O)N[C@@H](/C(=N/N1CCCC1)c1ccccc1)c1ccc2ccccc2c1. The Morgan fingerprint density at radius 3 is 2.28 bits per heavy atom. The molecule has 1 amide bonds. The number of rotatable bonds is 5. The highest BCUT2D eigenvalue weighted by Crippen LogP contribution is 2.26. The van der Waals surface area contributed by atoms with Gasteiger partial charge in [0.2, 0.25) is 0 Å². The van der Waals surface area contributed by atoms with E-state index in [0.717, 1.165) is 53.5 Å². The average Bonchev–Trinajstić information content (AvgIpc) is 3.28. The fourth-order valence-corrected chi connectivity index (χ4v) is 3.97. The molecule has 166 valence electrons. The maximum absolute atomic E-state index is 12.9. The zero-order chi connectivity index (χ0) is 22.6. The van der Waals surface area contributed by atoms with Gasteiger partial charge in [0.05, 0.1) is 5.71 Å². The Kier molecular flexibility index (Phi) is 6.45. The lowest BCUT2D eigenvalue weighted by Crippen LogP contribution is -2.39. The van der Waals surface area contributed by atoms with Crippen molar-refractivity contribution in [1.29, 1.82) is 0 Å². The predicted molar refractivity (Wildman–Crippen MR) is 130 cm³/mol. The standard InChI is InChI=1S/C27H31N3O2/c1-27(2,3)32-26(31)28-24(23-16-15-20-11-7-8-14-22(20)19-23)25(21-12-5-4-6-13-21)29-30-17-9-10-18-30/h4-8,11-16,19,24H,9-10,17-18H2,1-3H3,(H,28,31)/b29-25+/t24-/m1/s1. The molecule has 3 aromatic carbocycles. The number of fused-ring (bicyclic) bond motifs is 1. The van der Waals surface area contributed by atoms with Crippen LogP contribution in [0.25, 0.3) is 10.8 Å². The monoisotopic (exact) mass is 429 g/mol. The van der Waals surface area contributed by atoms with E-state index in [1.165, 1.54) is 0 Å². The quantitative estimate of drug-likeness (QED) is 0.513. The maximum Gasteiger partial charge on any atom is 0.408 e. The highest BCUT2D eigenvalue weighted by molar-refractivity contribution is 6.06. The number of hydrogen-bond donors (Lipinski definition) is 1. The molecule has 0 unspecified atom stereocenters. The number of carbonyl (C=O) groups excluding carboxylic acids is 1. The van der Waals surface area contributed by atoms with Crippen LogP contribution in [-0.4, -0.2) is 35.5 Å². The van der Waals surface area contributed by atoms with Crippen LogP contribution in [0.3, 0.4) is 0 Å². The van der Waals surface area contributed by atoms with Gasteiger partial charge in [-0.1, -0.05) is 66.7 Å². The molecule has 1 atom stereocenters. The summed E-state index contributed by atoms with van der Waals surface area (Å²) in [6.45, 7) is 7.45. The van der Waals surface area contributed by atoms with Gasteiger partial charge in [-0.15, -0.1) is 0 Å². The van der Waals surface area contributed by atoms with Gasteiger partial charge in [0.1, 0.15) is 11.6 Å². The van der Waals surface area contributed by atoms with E-state index in [0.29, 0.717) is 0 Å². The molecule has 0 bridgehead atoms. The van der Waals surface area contributed by atoms with Gasteiger partial charge in [0, 0.05) is 18.7 Å². The number of carbonyl (C=O) groups is 1. The number of benzene rings is 3. The fourth-order valence-electron chi connectivity index (χ4n) is 3.97. The highest BCUT2D eigenvalue weighted by atomic mass is 16.6. The van der Waals surface area contributed by atoms with Gasteiger partial charge in [-0.25, -0.2) is 4.79 Å². The van der Waals surface area contributed by atoms with Gasteiger partial charge in [-0.2, -0.15) is 5.10 Å². The summed E-state index contributed by atoms with van der Waals surface area (Å²) in [7, 11) is 0. The molecule has 4 rings (SSSR count). The molecule has 5 nitrogen and oxygen atoms in total. The number of alkyl carbamates (subject to hydrolysis) is 1. The van der Waals surface area contributed by atoms with Crippen molar-refractivity contribution in [2.24, 2.45) is 5.10 Å². The Labute approximate surface area is 190 Å². The van der Waals surface area contributed by atoms with Crippen LogP contribution >= 0.6 is 0 Å². The first-order valence-electron chi connectivity index (χ1n) is 11.3. The molecule has 0 radical (unpaired) electrons. The Morgan fingerprint density at radius 1 is 0.938 bits per heavy atom. The number of ether oxygens (including phenoxy) is 1. The zero-order valence-electron chi connectivity index (χ0n) is 19.0. The van der Waals surface area contributed by atoms with Crippen molar-refractivity contribution in [1.82, 2.24) is 10.3 Å². The van der Waals surface area contributed by atoms with Crippen molar-refractivity contribution in [2.75, 3.05) is 13.1 Å². The van der Waals surface area contributed by atoms with Crippen LogP contribution in [0.4, 0.5) is 4.79 Å². The molecular weight excluding hydrogens is 398 g/mol. The minimum atomic E-state index is -0.586. The van der Waals surface area contributed by atoms with Crippen molar-refractivity contribution >= 4 is 22.6 Å². The second-order valence-corrected chi connectivity index (χ2v) is 9.20. The summed E-state index contributed by atoms with van der Waals surface area (Å²) >= 11 is 0. The Balaban J connectivity index is 1.79. The molecule has 0 saturated carbocycles. The number of nitrogens with zero attached hydrogens (tertiary/aromatic N) is 2. The molecule has 0 spiro atoms. The summed E-state index contributed by atoms with van der Waals surface area (Å²) in [4.78, 5) is 12.9. The first kappa shape index (κ1) is 21.9. The summed E-state index contributed by atoms with van der Waals surface area (Å²) in [6.07, 6.45) is 1.80. The van der Waals surface area contributed by atoms with Crippen LogP contribution in [0.15, 0.2) is 77.9 Å². The van der Waals surface area contributed by atoms with Crippen LogP contribution in [0.1, 0.15) is 50.8 Å². The minimum Gasteiger partial charge on any atom is -0.444 e. The third-order valence-corrected chi connectivity index (χ3v) is 5.44. The number of nitrogens with one attached hydrogen (secondary N) is 1. The van der Waals surface area contributed by atoms with E-state index < -0.39 is 17.7 Å². The first-order chi connectivity index (χ1) is 15.4. The van der Waals surface area contributed by atoms with Gasteiger partial charge in [0.25, 0.3) is 0 Å². The largest absolute Gasteiger partial charge is 0.444 e. The molecule has 5 heteroatoms. The van der Waals surface area contributed by atoms with Gasteiger partial charge in [-0.3, -0.25) is 5.01 Å². The van der Waals surface area contributed by atoms with Crippen molar-refractivity contribution < 1.29 is 9.53 Å². The summed E-state index contributed by atoms with van der Waals surface area (Å²) in [5.74, 6) is 0. The summed E-state index contributed by atoms with van der Waals surface area (Å²) in [5, 5.41) is 12.5. The number of amides is 1. The van der Waals surface area contributed by atoms with E-state index in [1.54, 1.807) is 0 Å². The summed E-state index contributed by atoms with van der Waals surface area (Å²) < 4.78 is 5.61. The third-order valence-electron chi connectivity index (χ3n) is 5.44. The maximum atomic E-state index is 12.9. The second kappa shape index (κ2) is 9.43. The summed E-state index contributed by atoms with van der Waals surface area (Å²) in [6, 6.07) is 24.1. The van der Waals surface area contributed by atoms with E-state index in [9.17, 15) is 4.79 Å². The predicted octanol–water partition coefficient (Wildman–Crippen LogP) is 5.91. The lowest BCUT2D eigenvalue weighted by molar-refractivity contribution is 0.0517. The van der Waals surface area contributed by atoms with Crippen LogP contribution in [0.2, 0.25) is 0 Å². The Bertz CT molecular complexity index is 1100. The molecule has 1 saturated heterocycles. The van der Waals surface area contributed by atoms with Crippen LogP contribution in [0.5, 0.6) is 0 Å². The van der Waals surface area contributed by atoms with E-state index in [-0.39, 0.29) is 0 Å². The van der Waals surface area contributed by atoms with E-state index in [4.69, 9.17) is 9.84 Å². The van der Waals surface area contributed by atoms with Crippen molar-refractivity contribution in [2.45, 2.75) is 45.3 Å².